The summed E-state index contributed by atoms with van der Waals surface area (Å²) in [6.07, 6.45) is 3.57. The number of rotatable bonds is 1. The van der Waals surface area contributed by atoms with Crippen LogP contribution in [0.1, 0.15) is 31.2 Å². The molecule has 1 saturated carbocycles. The van der Waals surface area contributed by atoms with Crippen LogP contribution in [0.5, 0.6) is 0 Å². The third kappa shape index (κ3) is 2.70. The second kappa shape index (κ2) is 4.79. The molecule has 2 rings (SSSR count). The van der Waals surface area contributed by atoms with Gasteiger partial charge in [0, 0.05) is 24.3 Å². The molecule has 1 atom stereocenters. The maximum absolute atomic E-state index is 11.3. The Balaban J connectivity index is 1.93. The summed E-state index contributed by atoms with van der Waals surface area (Å²) in [4.78, 5) is 11.3. The zero-order valence-electron chi connectivity index (χ0n) is 8.70. The highest BCUT2D eigenvalue weighted by Crippen LogP contribution is 2.23. The zero-order valence-corrected chi connectivity index (χ0v) is 8.70. The van der Waals surface area contributed by atoms with Crippen molar-refractivity contribution in [1.29, 1.82) is 0 Å². The summed E-state index contributed by atoms with van der Waals surface area (Å²) in [5.41, 5.74) is 1.03. The van der Waals surface area contributed by atoms with Gasteiger partial charge in [-0.25, -0.2) is 0 Å². The lowest BCUT2D eigenvalue weighted by atomic mass is 10.0. The van der Waals surface area contributed by atoms with Crippen molar-refractivity contribution in [3.63, 3.8) is 0 Å². The third-order valence-corrected chi connectivity index (χ3v) is 2.79. The SMILES string of the molecule is O=C1CCCC1CC#Cc1ccccc1. The zero-order chi connectivity index (χ0) is 10.5. The first-order valence-electron chi connectivity index (χ1n) is 5.43. The molecule has 1 fully saturated rings. The van der Waals surface area contributed by atoms with Crippen molar-refractivity contribution in [1.82, 2.24) is 0 Å². The van der Waals surface area contributed by atoms with E-state index in [2.05, 4.69) is 11.8 Å². The normalized spacial score (nSPS) is 19.7. The van der Waals surface area contributed by atoms with Gasteiger partial charge in [-0.3, -0.25) is 4.79 Å². The molecule has 76 valence electrons. The smallest absolute Gasteiger partial charge is 0.136 e. The van der Waals surface area contributed by atoms with Gasteiger partial charge in [-0.2, -0.15) is 0 Å². The molecular weight excluding hydrogens is 184 g/mol. The molecule has 1 nitrogen and oxygen atoms in total. The van der Waals surface area contributed by atoms with Crippen molar-refractivity contribution in [3.05, 3.63) is 35.9 Å². The molecule has 1 unspecified atom stereocenters. The van der Waals surface area contributed by atoms with E-state index in [0.717, 1.165) is 31.2 Å². The molecule has 0 aromatic heterocycles. The minimum absolute atomic E-state index is 0.209. The molecule has 1 aliphatic carbocycles. The van der Waals surface area contributed by atoms with Gasteiger partial charge in [-0.15, -0.1) is 0 Å². The van der Waals surface area contributed by atoms with E-state index in [0.29, 0.717) is 5.78 Å². The highest BCUT2D eigenvalue weighted by molar-refractivity contribution is 5.83. The molecule has 0 radical (unpaired) electrons. The highest BCUT2D eigenvalue weighted by Gasteiger charge is 2.22. The molecular formula is C14H14O. The van der Waals surface area contributed by atoms with E-state index in [1.165, 1.54) is 0 Å². The van der Waals surface area contributed by atoms with E-state index in [9.17, 15) is 4.79 Å². The number of carbonyl (C=O) groups excluding carboxylic acids is 1. The van der Waals surface area contributed by atoms with Gasteiger partial charge in [0.15, 0.2) is 0 Å². The van der Waals surface area contributed by atoms with Gasteiger partial charge in [-0.1, -0.05) is 30.0 Å². The second-order valence-electron chi connectivity index (χ2n) is 3.93. The minimum Gasteiger partial charge on any atom is -0.299 e. The van der Waals surface area contributed by atoms with Gasteiger partial charge in [0.25, 0.3) is 0 Å². The molecule has 0 spiro atoms. The van der Waals surface area contributed by atoms with Gasteiger partial charge in [0.1, 0.15) is 5.78 Å². The van der Waals surface area contributed by atoms with Crippen LogP contribution in [0.25, 0.3) is 0 Å². The molecule has 0 aliphatic heterocycles. The first-order chi connectivity index (χ1) is 7.36. The Labute approximate surface area is 90.5 Å². The van der Waals surface area contributed by atoms with Gasteiger partial charge >= 0.3 is 0 Å². The second-order valence-corrected chi connectivity index (χ2v) is 3.93. The van der Waals surface area contributed by atoms with Gasteiger partial charge in [-0.05, 0) is 25.0 Å². The standard InChI is InChI=1S/C14H14O/c15-14-11-5-10-13(14)9-4-8-12-6-2-1-3-7-12/h1-3,6-7,13H,5,9-11H2. The van der Waals surface area contributed by atoms with Crippen LogP contribution in [0.15, 0.2) is 30.3 Å². The largest absolute Gasteiger partial charge is 0.299 e. The predicted molar refractivity (Wildman–Crippen MR) is 60.3 cm³/mol. The lowest BCUT2D eigenvalue weighted by Crippen LogP contribution is -2.04. The van der Waals surface area contributed by atoms with Crippen molar-refractivity contribution in [2.45, 2.75) is 25.7 Å². The van der Waals surface area contributed by atoms with Crippen molar-refractivity contribution in [3.8, 4) is 11.8 Å². The van der Waals surface area contributed by atoms with E-state index in [4.69, 9.17) is 0 Å². The fourth-order valence-electron chi connectivity index (χ4n) is 1.90. The van der Waals surface area contributed by atoms with E-state index < -0.39 is 0 Å². The summed E-state index contributed by atoms with van der Waals surface area (Å²) in [6.45, 7) is 0. The Morgan fingerprint density at radius 2 is 2.07 bits per heavy atom. The maximum atomic E-state index is 11.3. The summed E-state index contributed by atoms with van der Waals surface area (Å²) in [5.74, 6) is 6.80. The molecule has 0 bridgehead atoms. The molecule has 0 heterocycles. The molecule has 1 aliphatic rings. The fourth-order valence-corrected chi connectivity index (χ4v) is 1.90. The third-order valence-electron chi connectivity index (χ3n) is 2.79. The van der Waals surface area contributed by atoms with Crippen molar-refractivity contribution in [2.24, 2.45) is 5.92 Å². The van der Waals surface area contributed by atoms with Gasteiger partial charge in [0.05, 0.1) is 0 Å². The molecule has 0 N–H and O–H groups in total. The Hall–Kier alpha value is -1.55. The van der Waals surface area contributed by atoms with Crippen LogP contribution < -0.4 is 0 Å². The van der Waals surface area contributed by atoms with Crippen LogP contribution in [0.4, 0.5) is 0 Å². The first-order valence-corrected chi connectivity index (χ1v) is 5.43. The Bertz CT molecular complexity index is 394. The molecule has 1 aromatic rings. The monoisotopic (exact) mass is 198 g/mol. The number of hydrogen-bond donors (Lipinski definition) is 0. The number of hydrogen-bond acceptors (Lipinski definition) is 1. The fraction of sp³-hybridized carbons (Fsp3) is 0.357. The van der Waals surface area contributed by atoms with Gasteiger partial charge in [0.2, 0.25) is 0 Å². The molecule has 0 saturated heterocycles. The topological polar surface area (TPSA) is 17.1 Å². The van der Waals surface area contributed by atoms with Crippen molar-refractivity contribution in [2.75, 3.05) is 0 Å². The molecule has 15 heavy (non-hydrogen) atoms. The summed E-state index contributed by atoms with van der Waals surface area (Å²) in [6, 6.07) is 9.91. The van der Waals surface area contributed by atoms with E-state index in [1.54, 1.807) is 0 Å². The maximum Gasteiger partial charge on any atom is 0.136 e. The first kappa shape index (κ1) is 9.98. The quantitative estimate of drug-likeness (QED) is 0.634. The molecule has 1 aromatic carbocycles. The average Bonchev–Trinajstić information content (AvgIpc) is 2.66. The molecule has 1 heteroatoms. The van der Waals surface area contributed by atoms with Crippen LogP contribution in [-0.4, -0.2) is 5.78 Å². The minimum atomic E-state index is 0.209. The predicted octanol–water partition coefficient (Wildman–Crippen LogP) is 2.80. The van der Waals surface area contributed by atoms with Crippen molar-refractivity contribution < 1.29 is 4.79 Å². The summed E-state index contributed by atoms with van der Waals surface area (Å²) < 4.78 is 0. The number of Topliss-reactive ketones (excluding diaryl/α,β-unsaturated/α-hetero) is 1. The lowest BCUT2D eigenvalue weighted by Gasteiger charge is -1.99. The molecule has 0 amide bonds. The van der Waals surface area contributed by atoms with Crippen LogP contribution in [-0.2, 0) is 4.79 Å². The summed E-state index contributed by atoms with van der Waals surface area (Å²) in [5, 5.41) is 0. The van der Waals surface area contributed by atoms with Crippen LogP contribution in [0.3, 0.4) is 0 Å². The lowest BCUT2D eigenvalue weighted by molar-refractivity contribution is -0.120. The van der Waals surface area contributed by atoms with E-state index >= 15 is 0 Å². The average molecular weight is 198 g/mol. The van der Waals surface area contributed by atoms with Crippen LogP contribution >= 0.6 is 0 Å². The number of ketones is 1. The van der Waals surface area contributed by atoms with Crippen LogP contribution in [0, 0.1) is 17.8 Å². The Kier molecular flexibility index (Phi) is 3.19. The summed E-state index contributed by atoms with van der Waals surface area (Å²) in [7, 11) is 0. The van der Waals surface area contributed by atoms with Crippen LogP contribution in [0.2, 0.25) is 0 Å². The highest BCUT2D eigenvalue weighted by atomic mass is 16.1. The van der Waals surface area contributed by atoms with E-state index in [1.807, 2.05) is 30.3 Å². The Morgan fingerprint density at radius 3 is 2.73 bits per heavy atom. The Morgan fingerprint density at radius 1 is 1.27 bits per heavy atom. The van der Waals surface area contributed by atoms with Crippen molar-refractivity contribution >= 4 is 5.78 Å². The number of carbonyl (C=O) groups is 1. The van der Waals surface area contributed by atoms with E-state index in [-0.39, 0.29) is 5.92 Å². The summed E-state index contributed by atoms with van der Waals surface area (Å²) >= 11 is 0. The number of benzene rings is 1. The van der Waals surface area contributed by atoms with Gasteiger partial charge < -0.3 is 0 Å².